The number of amides is 2. The van der Waals surface area contributed by atoms with Gasteiger partial charge in [-0.15, -0.1) is 0 Å². The van der Waals surface area contributed by atoms with Gasteiger partial charge in [0.05, 0.1) is 6.26 Å². The van der Waals surface area contributed by atoms with Crippen molar-refractivity contribution >= 4 is 17.5 Å². The quantitative estimate of drug-likeness (QED) is 0.858. The molecule has 0 radical (unpaired) electrons. The van der Waals surface area contributed by atoms with E-state index in [-0.39, 0.29) is 23.6 Å². The van der Waals surface area contributed by atoms with E-state index in [0.29, 0.717) is 11.3 Å². The zero-order valence-electron chi connectivity index (χ0n) is 12.8. The lowest BCUT2D eigenvalue weighted by atomic mass is 10.1. The highest BCUT2D eigenvalue weighted by Gasteiger charge is 2.11. The molecule has 116 valence electrons. The van der Waals surface area contributed by atoms with Gasteiger partial charge in [-0.25, -0.2) is 0 Å². The van der Waals surface area contributed by atoms with Gasteiger partial charge in [0.1, 0.15) is 0 Å². The first-order chi connectivity index (χ1) is 10.6. The number of hydrogen-bond acceptors (Lipinski definition) is 3. The predicted molar refractivity (Wildman–Crippen MR) is 84.9 cm³/mol. The Bertz CT molecular complexity index is 618. The van der Waals surface area contributed by atoms with Crippen molar-refractivity contribution in [3.8, 4) is 0 Å². The molecule has 1 heterocycles. The Hall–Kier alpha value is -2.56. The fourth-order valence-electron chi connectivity index (χ4n) is 2.12. The average Bonchev–Trinajstić information content (AvgIpc) is 3.02. The molecule has 2 aromatic rings. The van der Waals surface area contributed by atoms with E-state index in [0.717, 1.165) is 12.8 Å². The number of nitrogens with one attached hydrogen (secondary N) is 2. The smallest absolute Gasteiger partial charge is 0.291 e. The van der Waals surface area contributed by atoms with Crippen molar-refractivity contribution in [1.29, 1.82) is 0 Å². The van der Waals surface area contributed by atoms with Crippen molar-refractivity contribution < 1.29 is 14.0 Å². The molecule has 0 aliphatic carbocycles. The molecule has 1 aromatic carbocycles. The predicted octanol–water partition coefficient (Wildman–Crippen LogP) is 3.45. The third kappa shape index (κ3) is 4.22. The summed E-state index contributed by atoms with van der Waals surface area (Å²) in [6.07, 6.45) is 3.42. The molecule has 5 nitrogen and oxygen atoms in total. The van der Waals surface area contributed by atoms with Crippen LogP contribution in [0.4, 0.5) is 5.69 Å². The Labute approximate surface area is 129 Å². The van der Waals surface area contributed by atoms with Crippen LogP contribution in [-0.2, 0) is 0 Å². The van der Waals surface area contributed by atoms with Crippen LogP contribution in [0.2, 0.25) is 0 Å². The van der Waals surface area contributed by atoms with Gasteiger partial charge in [-0.05, 0) is 49.7 Å². The van der Waals surface area contributed by atoms with Crippen LogP contribution >= 0.6 is 0 Å². The molecule has 0 spiro atoms. The summed E-state index contributed by atoms with van der Waals surface area (Å²) in [4.78, 5) is 23.9. The van der Waals surface area contributed by atoms with Gasteiger partial charge in [-0.1, -0.05) is 13.3 Å². The van der Waals surface area contributed by atoms with Crippen molar-refractivity contribution in [2.75, 3.05) is 5.32 Å². The highest BCUT2D eigenvalue weighted by Crippen LogP contribution is 2.12. The summed E-state index contributed by atoms with van der Waals surface area (Å²) in [5, 5.41) is 5.65. The summed E-state index contributed by atoms with van der Waals surface area (Å²) in [5.74, 6) is -0.182. The maximum atomic E-state index is 12.0. The summed E-state index contributed by atoms with van der Waals surface area (Å²) in [7, 11) is 0. The normalized spacial score (nSPS) is 11.7. The van der Waals surface area contributed by atoms with Gasteiger partial charge in [-0.3, -0.25) is 9.59 Å². The van der Waals surface area contributed by atoms with Gasteiger partial charge >= 0.3 is 0 Å². The van der Waals surface area contributed by atoms with E-state index in [1.165, 1.54) is 6.26 Å². The summed E-state index contributed by atoms with van der Waals surface area (Å²) in [5.41, 5.74) is 1.18. The van der Waals surface area contributed by atoms with Gasteiger partial charge in [0, 0.05) is 17.3 Å². The number of carbonyl (C=O) groups excluding carboxylic acids is 2. The molecule has 0 bridgehead atoms. The van der Waals surface area contributed by atoms with E-state index in [4.69, 9.17) is 4.42 Å². The molecule has 5 heteroatoms. The van der Waals surface area contributed by atoms with Gasteiger partial charge in [0.2, 0.25) is 0 Å². The summed E-state index contributed by atoms with van der Waals surface area (Å²) in [6, 6.07) is 10.2. The first-order valence-electron chi connectivity index (χ1n) is 7.36. The molecule has 0 aliphatic rings. The van der Waals surface area contributed by atoms with E-state index in [1.54, 1.807) is 36.4 Å². The number of furan rings is 1. The second-order valence-corrected chi connectivity index (χ2v) is 5.17. The number of anilines is 1. The molecule has 1 atom stereocenters. The lowest BCUT2D eigenvalue weighted by molar-refractivity contribution is 0.0937. The monoisotopic (exact) mass is 300 g/mol. The molecule has 0 saturated heterocycles. The second-order valence-electron chi connectivity index (χ2n) is 5.17. The number of rotatable bonds is 6. The molecule has 0 saturated carbocycles. The molecule has 1 unspecified atom stereocenters. The van der Waals surface area contributed by atoms with Crippen molar-refractivity contribution in [3.05, 3.63) is 54.0 Å². The van der Waals surface area contributed by atoms with Crippen LogP contribution in [-0.4, -0.2) is 17.9 Å². The summed E-state index contributed by atoms with van der Waals surface area (Å²) < 4.78 is 5.02. The third-order valence-corrected chi connectivity index (χ3v) is 3.25. The fourth-order valence-corrected chi connectivity index (χ4v) is 2.12. The molecule has 2 rings (SSSR count). The van der Waals surface area contributed by atoms with Crippen LogP contribution in [0.5, 0.6) is 0 Å². The van der Waals surface area contributed by atoms with Gasteiger partial charge < -0.3 is 15.1 Å². The lowest BCUT2D eigenvalue weighted by Crippen LogP contribution is -2.32. The highest BCUT2D eigenvalue weighted by molar-refractivity contribution is 6.02. The SMILES string of the molecule is CCCC(C)NC(=O)c1ccc(NC(=O)c2ccco2)cc1. The minimum Gasteiger partial charge on any atom is -0.459 e. The Morgan fingerprint density at radius 2 is 1.86 bits per heavy atom. The zero-order chi connectivity index (χ0) is 15.9. The second kappa shape index (κ2) is 7.45. The van der Waals surface area contributed by atoms with Gasteiger partial charge in [-0.2, -0.15) is 0 Å². The topological polar surface area (TPSA) is 71.3 Å². The van der Waals surface area contributed by atoms with Crippen LogP contribution in [0.1, 0.15) is 47.6 Å². The fraction of sp³-hybridized carbons (Fsp3) is 0.294. The number of benzene rings is 1. The third-order valence-electron chi connectivity index (χ3n) is 3.25. The van der Waals surface area contributed by atoms with Crippen molar-refractivity contribution in [2.45, 2.75) is 32.7 Å². The van der Waals surface area contributed by atoms with Crippen molar-refractivity contribution in [2.24, 2.45) is 0 Å². The van der Waals surface area contributed by atoms with Crippen molar-refractivity contribution in [1.82, 2.24) is 5.32 Å². The summed E-state index contributed by atoms with van der Waals surface area (Å²) >= 11 is 0. The van der Waals surface area contributed by atoms with Crippen LogP contribution in [0.15, 0.2) is 47.1 Å². The molecule has 2 amide bonds. The highest BCUT2D eigenvalue weighted by atomic mass is 16.3. The standard InChI is InChI=1S/C17H20N2O3/c1-3-5-12(2)18-16(20)13-7-9-14(10-8-13)19-17(21)15-6-4-11-22-15/h4,6-12H,3,5H2,1-2H3,(H,18,20)(H,19,21). The van der Waals surface area contributed by atoms with Gasteiger partial charge in [0.15, 0.2) is 5.76 Å². The largest absolute Gasteiger partial charge is 0.459 e. The molecule has 0 fully saturated rings. The lowest BCUT2D eigenvalue weighted by Gasteiger charge is -2.13. The van der Waals surface area contributed by atoms with E-state index >= 15 is 0 Å². The Morgan fingerprint density at radius 3 is 2.45 bits per heavy atom. The van der Waals surface area contributed by atoms with Crippen LogP contribution in [0.25, 0.3) is 0 Å². The molecule has 22 heavy (non-hydrogen) atoms. The minimum atomic E-state index is -0.321. The number of carbonyl (C=O) groups is 2. The van der Waals surface area contributed by atoms with E-state index in [1.807, 2.05) is 6.92 Å². The van der Waals surface area contributed by atoms with Crippen LogP contribution < -0.4 is 10.6 Å². The van der Waals surface area contributed by atoms with Crippen LogP contribution in [0, 0.1) is 0 Å². The first kappa shape index (κ1) is 15.8. The zero-order valence-corrected chi connectivity index (χ0v) is 12.8. The minimum absolute atomic E-state index is 0.107. The molecular formula is C17H20N2O3. The Kier molecular flexibility index (Phi) is 5.36. The Morgan fingerprint density at radius 1 is 1.14 bits per heavy atom. The maximum absolute atomic E-state index is 12.0. The van der Waals surface area contributed by atoms with E-state index in [2.05, 4.69) is 17.6 Å². The average molecular weight is 300 g/mol. The van der Waals surface area contributed by atoms with Crippen molar-refractivity contribution in [3.63, 3.8) is 0 Å². The maximum Gasteiger partial charge on any atom is 0.291 e. The summed E-state index contributed by atoms with van der Waals surface area (Å²) in [6.45, 7) is 4.07. The number of hydrogen-bond donors (Lipinski definition) is 2. The first-order valence-corrected chi connectivity index (χ1v) is 7.36. The molecule has 2 N–H and O–H groups in total. The van der Waals surface area contributed by atoms with E-state index < -0.39 is 0 Å². The van der Waals surface area contributed by atoms with Crippen LogP contribution in [0.3, 0.4) is 0 Å². The molecular weight excluding hydrogens is 280 g/mol. The Balaban J connectivity index is 1.95. The molecule has 0 aliphatic heterocycles. The molecule has 1 aromatic heterocycles. The van der Waals surface area contributed by atoms with E-state index in [9.17, 15) is 9.59 Å². The van der Waals surface area contributed by atoms with Gasteiger partial charge in [0.25, 0.3) is 11.8 Å².